The number of rotatable bonds is 5. The Morgan fingerprint density at radius 1 is 1.36 bits per heavy atom. The molecule has 0 unspecified atom stereocenters. The molecular weight excluding hydrogens is 180 g/mol. The molecule has 5 nitrogen and oxygen atoms in total. The van der Waals surface area contributed by atoms with Crippen molar-refractivity contribution in [1.29, 1.82) is 0 Å². The quantitative estimate of drug-likeness (QED) is 0.691. The van der Waals surface area contributed by atoms with Gasteiger partial charge in [0.05, 0.1) is 0 Å². The summed E-state index contributed by atoms with van der Waals surface area (Å²) >= 11 is 0. The average Bonchev–Trinajstić information content (AvgIpc) is 2.18. The normalized spacial score (nSPS) is 10.1. The zero-order chi connectivity index (χ0) is 10.4. The van der Waals surface area contributed by atoms with Gasteiger partial charge in [0.2, 0.25) is 5.95 Å². The van der Waals surface area contributed by atoms with Crippen molar-refractivity contribution < 1.29 is 0 Å². The molecule has 14 heavy (non-hydrogen) atoms. The molecule has 0 amide bonds. The monoisotopic (exact) mass is 196 g/mol. The third kappa shape index (κ3) is 3.16. The van der Waals surface area contributed by atoms with E-state index < -0.39 is 0 Å². The van der Waals surface area contributed by atoms with E-state index in [4.69, 9.17) is 0 Å². The van der Waals surface area contributed by atoms with E-state index in [0.717, 1.165) is 13.0 Å². The largest absolute Gasteiger partial charge is 0.354 e. The summed E-state index contributed by atoms with van der Waals surface area (Å²) in [5.74, 6) is 0.455. The Kier molecular flexibility index (Phi) is 4.10. The lowest BCUT2D eigenvalue weighted by atomic mass is 10.2. The molecule has 2 N–H and O–H groups in total. The minimum absolute atomic E-state index is 0.182. The highest BCUT2D eigenvalue weighted by Crippen LogP contribution is 1.96. The SMILES string of the molecule is CCCCCNc1nnc(C)c(=O)[nH]1. The maximum Gasteiger partial charge on any atom is 0.273 e. The number of H-pyrrole nitrogens is 1. The molecule has 0 spiro atoms. The Morgan fingerprint density at radius 3 is 2.79 bits per heavy atom. The van der Waals surface area contributed by atoms with E-state index >= 15 is 0 Å². The second-order valence-corrected chi connectivity index (χ2v) is 3.22. The molecule has 5 heteroatoms. The molecule has 0 aromatic carbocycles. The van der Waals surface area contributed by atoms with E-state index in [-0.39, 0.29) is 5.56 Å². The van der Waals surface area contributed by atoms with E-state index in [2.05, 4.69) is 27.4 Å². The van der Waals surface area contributed by atoms with Crippen molar-refractivity contribution in [3.8, 4) is 0 Å². The lowest BCUT2D eigenvalue weighted by Gasteiger charge is -2.03. The van der Waals surface area contributed by atoms with Crippen LogP contribution in [0.3, 0.4) is 0 Å². The summed E-state index contributed by atoms with van der Waals surface area (Å²) in [6, 6.07) is 0. The number of hydrogen-bond donors (Lipinski definition) is 2. The van der Waals surface area contributed by atoms with Crippen LogP contribution in [0.4, 0.5) is 5.95 Å². The number of aryl methyl sites for hydroxylation is 1. The molecule has 1 aromatic rings. The summed E-state index contributed by atoms with van der Waals surface area (Å²) < 4.78 is 0. The van der Waals surface area contributed by atoms with Gasteiger partial charge >= 0.3 is 0 Å². The van der Waals surface area contributed by atoms with Crippen LogP contribution in [0.5, 0.6) is 0 Å². The first kappa shape index (κ1) is 10.7. The lowest BCUT2D eigenvalue weighted by molar-refractivity contribution is 0.736. The maximum absolute atomic E-state index is 11.1. The molecule has 0 atom stereocenters. The van der Waals surface area contributed by atoms with Gasteiger partial charge in [0.25, 0.3) is 5.56 Å². The predicted octanol–water partition coefficient (Wildman–Crippen LogP) is 1.08. The molecule has 1 rings (SSSR count). The third-order valence-electron chi connectivity index (χ3n) is 1.93. The first-order valence-electron chi connectivity index (χ1n) is 4.91. The minimum Gasteiger partial charge on any atom is -0.354 e. The van der Waals surface area contributed by atoms with Crippen LogP contribution in [-0.2, 0) is 0 Å². The summed E-state index contributed by atoms with van der Waals surface area (Å²) in [6.45, 7) is 4.60. The summed E-state index contributed by atoms with van der Waals surface area (Å²) in [6.07, 6.45) is 3.43. The van der Waals surface area contributed by atoms with Gasteiger partial charge in [-0.15, -0.1) is 10.2 Å². The fourth-order valence-electron chi connectivity index (χ4n) is 1.05. The van der Waals surface area contributed by atoms with Crippen molar-refractivity contribution in [2.45, 2.75) is 33.1 Å². The van der Waals surface area contributed by atoms with Crippen LogP contribution in [0.1, 0.15) is 31.9 Å². The van der Waals surface area contributed by atoms with Crippen LogP contribution in [0, 0.1) is 6.92 Å². The minimum atomic E-state index is -0.182. The van der Waals surface area contributed by atoms with E-state index in [1.165, 1.54) is 12.8 Å². The van der Waals surface area contributed by atoms with Crippen molar-refractivity contribution in [3.63, 3.8) is 0 Å². The lowest BCUT2D eigenvalue weighted by Crippen LogP contribution is -2.17. The molecule has 0 saturated heterocycles. The van der Waals surface area contributed by atoms with E-state index in [1.54, 1.807) is 6.92 Å². The number of nitrogens with zero attached hydrogens (tertiary/aromatic N) is 2. The van der Waals surface area contributed by atoms with Crippen LogP contribution in [0.15, 0.2) is 4.79 Å². The number of aromatic amines is 1. The van der Waals surface area contributed by atoms with Crippen molar-refractivity contribution in [3.05, 3.63) is 16.0 Å². The Morgan fingerprint density at radius 2 is 2.14 bits per heavy atom. The van der Waals surface area contributed by atoms with Crippen LogP contribution in [-0.4, -0.2) is 21.7 Å². The smallest absolute Gasteiger partial charge is 0.273 e. The van der Waals surface area contributed by atoms with Gasteiger partial charge in [0.1, 0.15) is 5.69 Å². The molecule has 0 bridgehead atoms. The van der Waals surface area contributed by atoms with Crippen molar-refractivity contribution >= 4 is 5.95 Å². The van der Waals surface area contributed by atoms with Crippen molar-refractivity contribution in [2.75, 3.05) is 11.9 Å². The molecule has 78 valence electrons. The maximum atomic E-state index is 11.1. The highest BCUT2D eigenvalue weighted by molar-refractivity contribution is 5.20. The third-order valence-corrected chi connectivity index (χ3v) is 1.93. The summed E-state index contributed by atoms with van der Waals surface area (Å²) in [5.41, 5.74) is 0.210. The number of hydrogen-bond acceptors (Lipinski definition) is 4. The van der Waals surface area contributed by atoms with Crippen LogP contribution >= 0.6 is 0 Å². The molecule has 1 heterocycles. The van der Waals surface area contributed by atoms with Gasteiger partial charge in [-0.25, -0.2) is 0 Å². The van der Waals surface area contributed by atoms with Crippen LogP contribution < -0.4 is 10.9 Å². The summed E-state index contributed by atoms with van der Waals surface area (Å²) in [5, 5.41) is 10.6. The van der Waals surface area contributed by atoms with Gasteiger partial charge in [-0.1, -0.05) is 19.8 Å². The first-order chi connectivity index (χ1) is 6.74. The van der Waals surface area contributed by atoms with Gasteiger partial charge in [-0.2, -0.15) is 0 Å². The second kappa shape index (κ2) is 5.36. The van der Waals surface area contributed by atoms with Gasteiger partial charge < -0.3 is 5.32 Å². The molecule has 0 aliphatic rings. The van der Waals surface area contributed by atoms with Gasteiger partial charge in [0, 0.05) is 6.54 Å². The molecule has 1 aromatic heterocycles. The molecule has 0 fully saturated rings. The zero-order valence-electron chi connectivity index (χ0n) is 8.63. The van der Waals surface area contributed by atoms with Gasteiger partial charge in [0.15, 0.2) is 0 Å². The first-order valence-corrected chi connectivity index (χ1v) is 4.91. The van der Waals surface area contributed by atoms with Gasteiger partial charge in [-0.3, -0.25) is 9.78 Å². The van der Waals surface area contributed by atoms with E-state index in [9.17, 15) is 4.79 Å². The Bertz CT molecular complexity index is 334. The molecule has 0 saturated carbocycles. The topological polar surface area (TPSA) is 70.7 Å². The molecule has 0 aliphatic carbocycles. The van der Waals surface area contributed by atoms with E-state index in [0.29, 0.717) is 11.6 Å². The van der Waals surface area contributed by atoms with Gasteiger partial charge in [-0.05, 0) is 13.3 Å². The standard InChI is InChI=1S/C9H16N4O/c1-3-4-5-6-10-9-11-8(14)7(2)12-13-9/h3-6H2,1-2H3,(H2,10,11,13,14). The van der Waals surface area contributed by atoms with E-state index in [1.807, 2.05) is 0 Å². The van der Waals surface area contributed by atoms with Crippen LogP contribution in [0.2, 0.25) is 0 Å². The number of aromatic nitrogens is 3. The number of anilines is 1. The van der Waals surface area contributed by atoms with Crippen molar-refractivity contribution in [1.82, 2.24) is 15.2 Å². The molecule has 0 radical (unpaired) electrons. The zero-order valence-corrected chi connectivity index (χ0v) is 8.63. The highest BCUT2D eigenvalue weighted by atomic mass is 16.1. The highest BCUT2D eigenvalue weighted by Gasteiger charge is 1.98. The number of nitrogens with one attached hydrogen (secondary N) is 2. The Balaban J connectivity index is 2.44. The van der Waals surface area contributed by atoms with Crippen molar-refractivity contribution in [2.24, 2.45) is 0 Å². The molecule has 0 aliphatic heterocycles. The second-order valence-electron chi connectivity index (χ2n) is 3.22. The summed E-state index contributed by atoms with van der Waals surface area (Å²) in [7, 11) is 0. The average molecular weight is 196 g/mol. The Hall–Kier alpha value is -1.39. The van der Waals surface area contributed by atoms with Crippen LogP contribution in [0.25, 0.3) is 0 Å². The summed E-state index contributed by atoms with van der Waals surface area (Å²) in [4.78, 5) is 13.7. The fourth-order valence-corrected chi connectivity index (χ4v) is 1.05. The Labute approximate surface area is 83.0 Å². The fraction of sp³-hybridized carbons (Fsp3) is 0.667. The predicted molar refractivity (Wildman–Crippen MR) is 55.4 cm³/mol. The molecular formula is C9H16N4O. The number of unbranched alkanes of at least 4 members (excludes halogenated alkanes) is 2.